The maximum absolute atomic E-state index is 13.8. The van der Waals surface area contributed by atoms with Gasteiger partial charge in [0.1, 0.15) is 10.7 Å². The standard InChI is InChI=1S/C14H13ClFNO4S2/c1-9-3-6-13(12(16)7-9)17-23(20,21)14-8-10(22(2,18)19)4-5-11(14)15/h3-8,17H,1-2H3. The minimum absolute atomic E-state index is 0.169. The topological polar surface area (TPSA) is 80.3 Å². The van der Waals surface area contributed by atoms with E-state index in [-0.39, 0.29) is 15.6 Å². The van der Waals surface area contributed by atoms with E-state index in [0.29, 0.717) is 5.56 Å². The number of aryl methyl sites for hydroxylation is 1. The molecule has 0 atom stereocenters. The van der Waals surface area contributed by atoms with E-state index in [1.807, 2.05) is 0 Å². The predicted molar refractivity (Wildman–Crippen MR) is 86.5 cm³/mol. The number of rotatable bonds is 4. The molecule has 9 heteroatoms. The van der Waals surface area contributed by atoms with Crippen molar-refractivity contribution in [2.24, 2.45) is 0 Å². The first-order valence-corrected chi connectivity index (χ1v) is 10.0. The molecule has 5 nitrogen and oxygen atoms in total. The van der Waals surface area contributed by atoms with Crippen molar-refractivity contribution in [3.8, 4) is 0 Å². The average Bonchev–Trinajstić information content (AvgIpc) is 2.41. The molecule has 0 heterocycles. The Bertz CT molecular complexity index is 972. The summed E-state index contributed by atoms with van der Waals surface area (Å²) in [7, 11) is -7.86. The van der Waals surface area contributed by atoms with Crippen molar-refractivity contribution in [1.82, 2.24) is 0 Å². The Labute approximate surface area is 139 Å². The minimum atomic E-state index is -4.25. The summed E-state index contributed by atoms with van der Waals surface area (Å²) < 4.78 is 63.8. The Balaban J connectivity index is 2.51. The van der Waals surface area contributed by atoms with Crippen LogP contribution in [0.4, 0.5) is 10.1 Å². The van der Waals surface area contributed by atoms with E-state index in [1.165, 1.54) is 24.3 Å². The van der Waals surface area contributed by atoms with Crippen LogP contribution >= 0.6 is 11.6 Å². The molecule has 0 saturated heterocycles. The van der Waals surface area contributed by atoms with Crippen LogP contribution < -0.4 is 4.72 Å². The van der Waals surface area contributed by atoms with Crippen LogP contribution in [0.3, 0.4) is 0 Å². The van der Waals surface area contributed by atoms with Gasteiger partial charge in [0.2, 0.25) is 0 Å². The zero-order valence-corrected chi connectivity index (χ0v) is 14.6. The molecule has 2 aromatic rings. The van der Waals surface area contributed by atoms with Gasteiger partial charge in [0, 0.05) is 6.26 Å². The molecule has 0 amide bonds. The molecule has 0 bridgehead atoms. The number of hydrogen-bond acceptors (Lipinski definition) is 4. The third kappa shape index (κ3) is 4.01. The molecule has 0 aliphatic heterocycles. The van der Waals surface area contributed by atoms with E-state index in [1.54, 1.807) is 6.92 Å². The van der Waals surface area contributed by atoms with Crippen LogP contribution in [0.15, 0.2) is 46.2 Å². The van der Waals surface area contributed by atoms with Gasteiger partial charge in [-0.2, -0.15) is 0 Å². The first-order chi connectivity index (χ1) is 10.5. The Hall–Kier alpha value is -1.64. The van der Waals surface area contributed by atoms with E-state index in [9.17, 15) is 21.2 Å². The van der Waals surface area contributed by atoms with Gasteiger partial charge in [-0.15, -0.1) is 0 Å². The molecule has 2 rings (SSSR count). The summed E-state index contributed by atoms with van der Waals surface area (Å²) in [5.74, 6) is -0.746. The number of nitrogens with one attached hydrogen (secondary N) is 1. The zero-order chi connectivity index (χ0) is 17.4. The Kier molecular flexibility index (Phi) is 4.70. The second-order valence-electron chi connectivity index (χ2n) is 4.95. The molecule has 0 aliphatic carbocycles. The van der Waals surface area contributed by atoms with Crippen LogP contribution in [-0.2, 0) is 19.9 Å². The number of halogens is 2. The number of sulfonamides is 1. The molecule has 0 radical (unpaired) electrons. The number of anilines is 1. The van der Waals surface area contributed by atoms with Gasteiger partial charge >= 0.3 is 0 Å². The van der Waals surface area contributed by atoms with E-state index in [4.69, 9.17) is 11.6 Å². The predicted octanol–water partition coefficient (Wildman–Crippen LogP) is 2.99. The van der Waals surface area contributed by atoms with Crippen molar-refractivity contribution < 1.29 is 21.2 Å². The molecule has 2 aromatic carbocycles. The fraction of sp³-hybridized carbons (Fsp3) is 0.143. The Morgan fingerprint density at radius 3 is 2.26 bits per heavy atom. The zero-order valence-electron chi connectivity index (χ0n) is 12.2. The SMILES string of the molecule is Cc1ccc(NS(=O)(=O)c2cc(S(C)(=O)=O)ccc2Cl)c(F)c1. The largest absolute Gasteiger partial charge is 0.277 e. The molecule has 124 valence electrons. The first kappa shape index (κ1) is 17.7. The van der Waals surface area contributed by atoms with Gasteiger partial charge in [-0.25, -0.2) is 21.2 Å². The van der Waals surface area contributed by atoms with Crippen molar-refractivity contribution in [2.75, 3.05) is 11.0 Å². The lowest BCUT2D eigenvalue weighted by Crippen LogP contribution is -2.15. The summed E-state index contributed by atoms with van der Waals surface area (Å²) in [6.45, 7) is 1.66. The van der Waals surface area contributed by atoms with Crippen LogP contribution in [0.5, 0.6) is 0 Å². The van der Waals surface area contributed by atoms with Gasteiger partial charge in [-0.05, 0) is 42.8 Å². The summed E-state index contributed by atoms with van der Waals surface area (Å²) in [6.07, 6.45) is 0.944. The van der Waals surface area contributed by atoms with Crippen LogP contribution in [0, 0.1) is 12.7 Å². The first-order valence-electron chi connectivity index (χ1n) is 6.29. The van der Waals surface area contributed by atoms with Gasteiger partial charge < -0.3 is 0 Å². The molecule has 23 heavy (non-hydrogen) atoms. The number of hydrogen-bond donors (Lipinski definition) is 1. The lowest BCUT2D eigenvalue weighted by atomic mass is 10.2. The van der Waals surface area contributed by atoms with Gasteiger partial charge in [0.15, 0.2) is 9.84 Å². The maximum atomic E-state index is 13.8. The van der Waals surface area contributed by atoms with Crippen LogP contribution in [0.2, 0.25) is 5.02 Å². The average molecular weight is 378 g/mol. The molecule has 0 unspecified atom stereocenters. The molecular formula is C14H13ClFNO4S2. The quantitative estimate of drug-likeness (QED) is 0.888. The Morgan fingerprint density at radius 2 is 1.70 bits per heavy atom. The summed E-state index contributed by atoms with van der Waals surface area (Å²) in [6, 6.07) is 7.28. The summed E-state index contributed by atoms with van der Waals surface area (Å²) >= 11 is 5.85. The highest BCUT2D eigenvalue weighted by Gasteiger charge is 2.22. The van der Waals surface area contributed by atoms with Crippen LogP contribution in [-0.4, -0.2) is 23.1 Å². The highest BCUT2D eigenvalue weighted by Crippen LogP contribution is 2.27. The number of sulfone groups is 1. The third-order valence-electron chi connectivity index (χ3n) is 2.99. The molecule has 0 spiro atoms. The maximum Gasteiger partial charge on any atom is 0.263 e. The molecule has 0 aliphatic rings. The van der Waals surface area contributed by atoms with Crippen LogP contribution in [0.25, 0.3) is 0 Å². The van der Waals surface area contributed by atoms with Crippen molar-refractivity contribution >= 4 is 37.1 Å². The van der Waals surface area contributed by atoms with Gasteiger partial charge in [-0.1, -0.05) is 17.7 Å². The van der Waals surface area contributed by atoms with E-state index in [2.05, 4.69) is 4.72 Å². The second-order valence-corrected chi connectivity index (χ2v) is 9.03. The van der Waals surface area contributed by atoms with Crippen molar-refractivity contribution in [3.63, 3.8) is 0 Å². The van der Waals surface area contributed by atoms with E-state index >= 15 is 0 Å². The summed E-state index contributed by atoms with van der Waals surface area (Å²) in [5, 5.41) is -0.169. The van der Waals surface area contributed by atoms with Gasteiger partial charge in [0.25, 0.3) is 10.0 Å². The highest BCUT2D eigenvalue weighted by molar-refractivity contribution is 7.93. The molecule has 0 saturated carbocycles. The fourth-order valence-electron chi connectivity index (χ4n) is 1.82. The summed E-state index contributed by atoms with van der Waals surface area (Å²) in [5.41, 5.74) is 0.374. The summed E-state index contributed by atoms with van der Waals surface area (Å²) in [4.78, 5) is -0.645. The van der Waals surface area contributed by atoms with Crippen molar-refractivity contribution in [3.05, 3.63) is 52.8 Å². The van der Waals surface area contributed by atoms with Crippen molar-refractivity contribution in [1.29, 1.82) is 0 Å². The lowest BCUT2D eigenvalue weighted by Gasteiger charge is -2.11. The lowest BCUT2D eigenvalue weighted by molar-refractivity contribution is 0.597. The highest BCUT2D eigenvalue weighted by atomic mass is 35.5. The van der Waals surface area contributed by atoms with Gasteiger partial charge in [0.05, 0.1) is 15.6 Å². The number of benzene rings is 2. The second kappa shape index (κ2) is 6.10. The van der Waals surface area contributed by atoms with Crippen LogP contribution in [0.1, 0.15) is 5.56 Å². The van der Waals surface area contributed by atoms with E-state index < -0.39 is 30.6 Å². The minimum Gasteiger partial charge on any atom is -0.277 e. The molecule has 0 fully saturated rings. The fourth-order valence-corrected chi connectivity index (χ4v) is 4.14. The normalized spacial score (nSPS) is 12.2. The molecule has 0 aromatic heterocycles. The third-order valence-corrected chi connectivity index (χ3v) is 5.95. The van der Waals surface area contributed by atoms with E-state index in [0.717, 1.165) is 18.4 Å². The van der Waals surface area contributed by atoms with Crippen molar-refractivity contribution in [2.45, 2.75) is 16.7 Å². The molecular weight excluding hydrogens is 365 g/mol. The smallest absolute Gasteiger partial charge is 0.263 e. The Morgan fingerprint density at radius 1 is 1.04 bits per heavy atom. The monoisotopic (exact) mass is 377 g/mol. The molecule has 1 N–H and O–H groups in total. The van der Waals surface area contributed by atoms with Gasteiger partial charge in [-0.3, -0.25) is 4.72 Å².